The molecule has 3 unspecified atom stereocenters. The van der Waals surface area contributed by atoms with Crippen molar-refractivity contribution in [3.05, 3.63) is 92.7 Å². The fraction of sp³-hybridized carbons (Fsp3) is 0.269. The van der Waals surface area contributed by atoms with Crippen molar-refractivity contribution in [1.29, 1.82) is 0 Å². The van der Waals surface area contributed by atoms with Gasteiger partial charge < -0.3 is 19.5 Å². The molecule has 0 N–H and O–H groups in total. The Labute approximate surface area is 221 Å². The van der Waals surface area contributed by atoms with Crippen LogP contribution in [0.25, 0.3) is 5.32 Å². The van der Waals surface area contributed by atoms with Crippen LogP contribution in [0.15, 0.2) is 60.7 Å². The standard InChI is InChI=1S/C26H24Cl2NO4.Li/c1-4-33-26(30)25-23(16-7-11-19(32-3)12-8-16)22(15-5-9-18(31-2)10-6-15)24-20(28)13-17(27)14-21(24)29-25;/h5-14,22-23,25H,4H2,1-3H3;/q-1;+1. The van der Waals surface area contributed by atoms with Gasteiger partial charge in [0.15, 0.2) is 0 Å². The summed E-state index contributed by atoms with van der Waals surface area (Å²) < 4.78 is 16.1. The molecular weight excluding hydrogens is 468 g/mol. The normalized spacial score (nSPS) is 18.7. The minimum Gasteiger partial charge on any atom is -0.672 e. The van der Waals surface area contributed by atoms with Crippen molar-refractivity contribution in [3.63, 3.8) is 0 Å². The van der Waals surface area contributed by atoms with Crippen molar-refractivity contribution in [2.45, 2.75) is 24.8 Å². The summed E-state index contributed by atoms with van der Waals surface area (Å²) in [5, 5.41) is 5.76. The van der Waals surface area contributed by atoms with Crippen molar-refractivity contribution in [2.75, 3.05) is 20.8 Å². The Kier molecular flexibility index (Phi) is 8.84. The molecule has 1 heterocycles. The molecule has 1 aliphatic heterocycles. The zero-order valence-electron chi connectivity index (χ0n) is 19.5. The summed E-state index contributed by atoms with van der Waals surface area (Å²) in [6.45, 7) is 2.04. The second kappa shape index (κ2) is 11.4. The van der Waals surface area contributed by atoms with Gasteiger partial charge in [0.05, 0.1) is 20.8 Å². The molecule has 8 heteroatoms. The average molecular weight is 492 g/mol. The predicted molar refractivity (Wildman–Crippen MR) is 130 cm³/mol. The first kappa shape index (κ1) is 26.3. The third-order valence-electron chi connectivity index (χ3n) is 5.86. The van der Waals surface area contributed by atoms with Crippen LogP contribution in [-0.2, 0) is 9.53 Å². The first-order valence-electron chi connectivity index (χ1n) is 10.6. The Bertz CT molecular complexity index is 1140. The van der Waals surface area contributed by atoms with Gasteiger partial charge in [-0.3, -0.25) is 4.79 Å². The molecule has 0 aliphatic carbocycles. The second-order valence-corrected chi connectivity index (χ2v) is 8.54. The zero-order chi connectivity index (χ0) is 23.5. The maximum absolute atomic E-state index is 13.1. The molecule has 0 fully saturated rings. The maximum atomic E-state index is 13.1. The Morgan fingerprint density at radius 2 is 1.47 bits per heavy atom. The number of ether oxygens (including phenoxy) is 3. The summed E-state index contributed by atoms with van der Waals surface area (Å²) in [5.74, 6) is 0.457. The number of nitrogens with zero attached hydrogens (tertiary/aromatic N) is 1. The van der Waals surface area contributed by atoms with Gasteiger partial charge in [-0.2, -0.15) is 0 Å². The van der Waals surface area contributed by atoms with Crippen LogP contribution in [0.1, 0.15) is 35.4 Å². The molecule has 0 radical (unpaired) electrons. The smallest absolute Gasteiger partial charge is 0.672 e. The Balaban J connectivity index is 0.00000324. The van der Waals surface area contributed by atoms with Gasteiger partial charge in [-0.15, -0.1) is 5.69 Å². The molecule has 0 saturated carbocycles. The van der Waals surface area contributed by atoms with Gasteiger partial charge in [0, 0.05) is 16.0 Å². The maximum Gasteiger partial charge on any atom is 1.00 e. The van der Waals surface area contributed by atoms with E-state index in [0.717, 1.165) is 28.2 Å². The van der Waals surface area contributed by atoms with Crippen LogP contribution in [0, 0.1) is 0 Å². The number of benzene rings is 3. The van der Waals surface area contributed by atoms with E-state index in [9.17, 15) is 4.79 Å². The van der Waals surface area contributed by atoms with E-state index in [0.29, 0.717) is 15.7 Å². The first-order chi connectivity index (χ1) is 16.0. The monoisotopic (exact) mass is 491 g/mol. The molecule has 0 saturated heterocycles. The number of halogens is 2. The molecule has 1 aliphatic rings. The van der Waals surface area contributed by atoms with E-state index in [1.54, 1.807) is 33.3 Å². The van der Waals surface area contributed by atoms with Crippen molar-refractivity contribution in [2.24, 2.45) is 0 Å². The van der Waals surface area contributed by atoms with Gasteiger partial charge in [0.1, 0.15) is 11.5 Å². The molecule has 0 amide bonds. The molecule has 4 rings (SSSR count). The summed E-state index contributed by atoms with van der Waals surface area (Å²) in [5.41, 5.74) is 3.32. The van der Waals surface area contributed by atoms with Crippen molar-refractivity contribution in [3.8, 4) is 11.5 Å². The molecule has 0 bridgehead atoms. The van der Waals surface area contributed by atoms with Gasteiger partial charge in [-0.05, 0) is 65.9 Å². The van der Waals surface area contributed by atoms with E-state index >= 15 is 0 Å². The molecular formula is C26H24Cl2LiNO4. The van der Waals surface area contributed by atoms with Crippen LogP contribution < -0.4 is 28.3 Å². The van der Waals surface area contributed by atoms with Crippen molar-refractivity contribution < 1.29 is 37.9 Å². The van der Waals surface area contributed by atoms with Gasteiger partial charge in [0.2, 0.25) is 0 Å². The number of hydrogen-bond donors (Lipinski definition) is 0. The number of rotatable bonds is 6. The fourth-order valence-electron chi connectivity index (χ4n) is 4.39. The summed E-state index contributed by atoms with van der Waals surface area (Å²) >= 11 is 13.0. The van der Waals surface area contributed by atoms with E-state index in [1.165, 1.54) is 0 Å². The van der Waals surface area contributed by atoms with E-state index in [4.69, 9.17) is 42.7 Å². The fourth-order valence-corrected chi connectivity index (χ4v) is 4.99. The summed E-state index contributed by atoms with van der Waals surface area (Å²) in [7, 11) is 3.24. The Morgan fingerprint density at radius 1 is 0.912 bits per heavy atom. The predicted octanol–water partition coefficient (Wildman–Crippen LogP) is 3.88. The van der Waals surface area contributed by atoms with Crippen molar-refractivity contribution >= 4 is 34.9 Å². The first-order valence-corrected chi connectivity index (χ1v) is 11.4. The largest absolute Gasteiger partial charge is 1.00 e. The van der Waals surface area contributed by atoms with Crippen LogP contribution in [0.3, 0.4) is 0 Å². The molecule has 172 valence electrons. The minimum atomic E-state index is -0.771. The van der Waals surface area contributed by atoms with Gasteiger partial charge >= 0.3 is 18.9 Å². The van der Waals surface area contributed by atoms with E-state index in [2.05, 4.69) is 0 Å². The van der Waals surface area contributed by atoms with Crippen molar-refractivity contribution in [1.82, 2.24) is 0 Å². The number of hydrogen-bond acceptors (Lipinski definition) is 4. The summed E-state index contributed by atoms with van der Waals surface area (Å²) in [6, 6.07) is 18.1. The average Bonchev–Trinajstić information content (AvgIpc) is 2.83. The van der Waals surface area contributed by atoms with Crippen LogP contribution in [0.2, 0.25) is 10.0 Å². The number of methoxy groups -OCH3 is 2. The quantitative estimate of drug-likeness (QED) is 0.387. The zero-order valence-corrected chi connectivity index (χ0v) is 21.1. The third kappa shape index (κ3) is 5.19. The topological polar surface area (TPSA) is 58.9 Å². The summed E-state index contributed by atoms with van der Waals surface area (Å²) in [4.78, 5) is 13.1. The van der Waals surface area contributed by atoms with Crippen LogP contribution in [0.4, 0.5) is 5.69 Å². The molecule has 5 nitrogen and oxygen atoms in total. The number of esters is 1. The summed E-state index contributed by atoms with van der Waals surface area (Å²) in [6.07, 6.45) is 0. The molecule has 34 heavy (non-hydrogen) atoms. The van der Waals surface area contributed by atoms with E-state index in [1.807, 2.05) is 48.5 Å². The number of carbonyl (C=O) groups is 1. The van der Waals surface area contributed by atoms with E-state index < -0.39 is 12.0 Å². The third-order valence-corrected chi connectivity index (χ3v) is 6.40. The molecule has 0 spiro atoms. The molecule has 3 aromatic rings. The Morgan fingerprint density at radius 3 is 2.00 bits per heavy atom. The van der Waals surface area contributed by atoms with Crippen LogP contribution in [-0.4, -0.2) is 32.8 Å². The molecule has 3 atom stereocenters. The van der Waals surface area contributed by atoms with E-state index in [-0.39, 0.29) is 37.3 Å². The second-order valence-electron chi connectivity index (χ2n) is 7.70. The van der Waals surface area contributed by atoms with Gasteiger partial charge in [-0.1, -0.05) is 53.5 Å². The van der Waals surface area contributed by atoms with Crippen LogP contribution >= 0.6 is 23.2 Å². The Hall–Kier alpha value is -2.29. The SMILES string of the molecule is CCOC(=O)C1[N-]c2cc(Cl)cc(Cl)c2C(c2ccc(OC)cc2)C1c1ccc(OC)cc1.[Li+]. The molecule has 0 aromatic heterocycles. The van der Waals surface area contributed by atoms with Gasteiger partial charge in [0.25, 0.3) is 5.97 Å². The minimum absolute atomic E-state index is 0. The number of carbonyl (C=O) groups excluding carboxylic acids is 1. The molecule has 3 aromatic carbocycles. The number of fused-ring (bicyclic) bond motifs is 1. The van der Waals surface area contributed by atoms with Crippen LogP contribution in [0.5, 0.6) is 11.5 Å². The van der Waals surface area contributed by atoms with Gasteiger partial charge in [-0.25, -0.2) is 0 Å².